The third kappa shape index (κ3) is 5.07. The van der Waals surface area contributed by atoms with Crippen LogP contribution in [-0.2, 0) is 22.4 Å². The lowest BCUT2D eigenvalue weighted by Gasteiger charge is -2.35. The monoisotopic (exact) mass is 455 g/mol. The first-order valence-electron chi connectivity index (χ1n) is 10.6. The highest BCUT2D eigenvalue weighted by Crippen LogP contribution is 2.34. The van der Waals surface area contributed by atoms with Crippen LogP contribution in [0.2, 0.25) is 0 Å². The molecule has 4 rings (SSSR count). The van der Waals surface area contributed by atoms with Crippen LogP contribution < -0.4 is 14.8 Å². The number of hydrogen-bond donors (Lipinski definition) is 1. The molecule has 1 saturated heterocycles. The van der Waals surface area contributed by atoms with Crippen LogP contribution in [0.5, 0.6) is 11.5 Å². The van der Waals surface area contributed by atoms with E-state index in [0.717, 1.165) is 41.5 Å². The number of nitrogens with one attached hydrogen (secondary N) is 1. The number of carbonyl (C=O) groups excluding carboxylic acids is 3. The Balaban J connectivity index is 1.33. The highest BCUT2D eigenvalue weighted by Gasteiger charge is 2.33. The molecule has 32 heavy (non-hydrogen) atoms. The van der Waals surface area contributed by atoms with Gasteiger partial charge in [0.25, 0.3) is 5.24 Å². The minimum Gasteiger partial charge on any atom is -0.489 e. The first-order chi connectivity index (χ1) is 15.3. The minimum absolute atomic E-state index is 0.239. The van der Waals surface area contributed by atoms with Crippen LogP contribution in [0, 0.1) is 0 Å². The van der Waals surface area contributed by atoms with E-state index >= 15 is 0 Å². The van der Waals surface area contributed by atoms with E-state index in [1.54, 1.807) is 13.0 Å². The van der Waals surface area contributed by atoms with Gasteiger partial charge in [0.05, 0.1) is 17.4 Å². The Morgan fingerprint density at radius 1 is 1.22 bits per heavy atom. The molecule has 2 aromatic rings. The number of fused-ring (bicyclic) bond motifs is 1. The Morgan fingerprint density at radius 2 is 2.00 bits per heavy atom. The average molecular weight is 456 g/mol. The zero-order chi connectivity index (χ0) is 22.7. The average Bonchev–Trinajstić information content (AvgIpc) is 3.09. The van der Waals surface area contributed by atoms with Crippen molar-refractivity contribution < 1.29 is 28.6 Å². The molecule has 0 spiro atoms. The number of carbonyl (C=O) groups is 3. The van der Waals surface area contributed by atoms with E-state index in [1.165, 1.54) is 0 Å². The van der Waals surface area contributed by atoms with Gasteiger partial charge in [-0.05, 0) is 74.6 Å². The van der Waals surface area contributed by atoms with Crippen molar-refractivity contribution in [1.82, 2.24) is 5.32 Å². The number of ether oxygens (including phenoxy) is 3. The Labute approximate surface area is 190 Å². The second-order valence-electron chi connectivity index (χ2n) is 8.11. The molecule has 2 unspecified atom stereocenters. The van der Waals surface area contributed by atoms with E-state index in [2.05, 4.69) is 5.32 Å². The van der Waals surface area contributed by atoms with Gasteiger partial charge in [-0.25, -0.2) is 4.79 Å². The first-order valence-corrected chi connectivity index (χ1v) is 11.5. The summed E-state index contributed by atoms with van der Waals surface area (Å²) in [6, 6.07) is 12.9. The van der Waals surface area contributed by atoms with E-state index in [1.807, 2.05) is 43.3 Å². The standard InChI is InChI=1S/C24H25NO6S/c1-3-29-22(27)17-6-9-19-16(13-17)10-11-24(2,31-19)14-30-18-7-4-15(5-8-18)12-20-21(26)25-23(28)32-20/h4-9,13,20H,3,10-12,14H2,1-2H3,(H,25,26,28). The topological polar surface area (TPSA) is 90.9 Å². The molecule has 0 saturated carbocycles. The van der Waals surface area contributed by atoms with E-state index in [0.29, 0.717) is 30.9 Å². The lowest BCUT2D eigenvalue weighted by molar-refractivity contribution is -0.118. The van der Waals surface area contributed by atoms with E-state index < -0.39 is 5.60 Å². The molecule has 0 radical (unpaired) electrons. The summed E-state index contributed by atoms with van der Waals surface area (Å²) >= 11 is 1.03. The highest BCUT2D eigenvalue weighted by molar-refractivity contribution is 8.15. The summed E-state index contributed by atoms with van der Waals surface area (Å²) in [7, 11) is 0. The fraction of sp³-hybridized carbons (Fsp3) is 0.375. The molecule has 0 aromatic heterocycles. The van der Waals surface area contributed by atoms with E-state index in [4.69, 9.17) is 14.2 Å². The Morgan fingerprint density at radius 3 is 2.69 bits per heavy atom. The zero-order valence-corrected chi connectivity index (χ0v) is 18.8. The summed E-state index contributed by atoms with van der Waals surface area (Å²) < 4.78 is 17.3. The molecule has 168 valence electrons. The van der Waals surface area contributed by atoms with Crippen LogP contribution in [-0.4, -0.2) is 41.2 Å². The van der Waals surface area contributed by atoms with E-state index in [9.17, 15) is 14.4 Å². The van der Waals surface area contributed by atoms with Gasteiger partial charge >= 0.3 is 5.97 Å². The normalized spacial score (nSPS) is 22.0. The van der Waals surface area contributed by atoms with Gasteiger partial charge in [0, 0.05) is 0 Å². The third-order valence-electron chi connectivity index (χ3n) is 5.51. The highest BCUT2D eigenvalue weighted by atomic mass is 32.2. The van der Waals surface area contributed by atoms with Crippen molar-refractivity contribution in [2.24, 2.45) is 0 Å². The zero-order valence-electron chi connectivity index (χ0n) is 18.0. The van der Waals surface area contributed by atoms with Crippen LogP contribution in [0.3, 0.4) is 0 Å². The van der Waals surface area contributed by atoms with Crippen molar-refractivity contribution >= 4 is 28.9 Å². The number of imide groups is 1. The van der Waals surface area contributed by atoms with Gasteiger partial charge < -0.3 is 14.2 Å². The molecule has 2 aliphatic heterocycles. The fourth-order valence-corrected chi connectivity index (χ4v) is 4.59. The number of amides is 2. The summed E-state index contributed by atoms with van der Waals surface area (Å²) in [5.74, 6) is 0.904. The summed E-state index contributed by atoms with van der Waals surface area (Å²) in [4.78, 5) is 35.0. The number of esters is 1. The molecule has 0 bridgehead atoms. The van der Waals surface area contributed by atoms with Gasteiger partial charge in [-0.1, -0.05) is 23.9 Å². The van der Waals surface area contributed by atoms with Crippen molar-refractivity contribution in [3.63, 3.8) is 0 Å². The molecular weight excluding hydrogens is 430 g/mol. The predicted octanol–water partition coefficient (Wildman–Crippen LogP) is 3.92. The molecule has 2 atom stereocenters. The molecule has 2 amide bonds. The van der Waals surface area contributed by atoms with Crippen molar-refractivity contribution in [2.75, 3.05) is 13.2 Å². The predicted molar refractivity (Wildman–Crippen MR) is 120 cm³/mol. The van der Waals surface area contributed by atoms with Crippen molar-refractivity contribution in [3.8, 4) is 11.5 Å². The number of benzene rings is 2. The number of hydrogen-bond acceptors (Lipinski definition) is 7. The number of rotatable bonds is 7. The molecular formula is C24H25NO6S. The van der Waals surface area contributed by atoms with Gasteiger partial charge in [-0.3, -0.25) is 14.9 Å². The van der Waals surface area contributed by atoms with Crippen molar-refractivity contribution in [2.45, 2.75) is 44.0 Å². The first kappa shape index (κ1) is 22.2. The maximum atomic E-state index is 11.9. The quantitative estimate of drug-likeness (QED) is 0.633. The fourth-order valence-electron chi connectivity index (χ4n) is 3.73. The Bertz CT molecular complexity index is 1040. The second kappa shape index (κ2) is 9.24. The molecule has 8 heteroatoms. The van der Waals surface area contributed by atoms with E-state index in [-0.39, 0.29) is 22.4 Å². The van der Waals surface area contributed by atoms with Gasteiger partial charge in [0.2, 0.25) is 5.91 Å². The lowest BCUT2D eigenvalue weighted by atomic mass is 9.92. The smallest absolute Gasteiger partial charge is 0.338 e. The summed E-state index contributed by atoms with van der Waals surface area (Å²) in [5.41, 5.74) is 2.00. The molecule has 2 aromatic carbocycles. The van der Waals surface area contributed by atoms with Crippen LogP contribution in [0.1, 0.15) is 41.8 Å². The van der Waals surface area contributed by atoms with Crippen LogP contribution in [0.4, 0.5) is 4.79 Å². The minimum atomic E-state index is -0.490. The molecule has 1 N–H and O–H groups in total. The lowest BCUT2D eigenvalue weighted by Crippen LogP contribution is -2.42. The molecule has 7 nitrogen and oxygen atoms in total. The summed E-state index contributed by atoms with van der Waals surface area (Å²) in [5, 5.41) is 1.63. The second-order valence-corrected chi connectivity index (χ2v) is 9.29. The summed E-state index contributed by atoms with van der Waals surface area (Å²) in [6.07, 6.45) is 2.03. The molecule has 2 heterocycles. The van der Waals surface area contributed by atoms with Crippen LogP contribution >= 0.6 is 11.8 Å². The number of aryl methyl sites for hydroxylation is 1. The third-order valence-corrected chi connectivity index (χ3v) is 6.49. The van der Waals surface area contributed by atoms with Gasteiger partial charge in [-0.15, -0.1) is 0 Å². The van der Waals surface area contributed by atoms with Crippen LogP contribution in [0.15, 0.2) is 42.5 Å². The summed E-state index contributed by atoms with van der Waals surface area (Å²) in [6.45, 7) is 4.52. The molecule has 0 aliphatic carbocycles. The van der Waals surface area contributed by atoms with Crippen molar-refractivity contribution in [3.05, 3.63) is 59.2 Å². The maximum absolute atomic E-state index is 11.9. The Hall–Kier alpha value is -3.00. The Kier molecular flexibility index (Phi) is 6.41. The van der Waals surface area contributed by atoms with Crippen molar-refractivity contribution in [1.29, 1.82) is 0 Å². The van der Waals surface area contributed by atoms with Crippen LogP contribution in [0.25, 0.3) is 0 Å². The van der Waals surface area contributed by atoms with Gasteiger partial charge in [-0.2, -0.15) is 0 Å². The SMILES string of the molecule is CCOC(=O)c1ccc2c(c1)CCC(C)(COc1ccc(CC3SC(=O)NC3=O)cc1)O2. The molecule has 1 fully saturated rings. The van der Waals surface area contributed by atoms with Gasteiger partial charge in [0.1, 0.15) is 23.7 Å². The largest absolute Gasteiger partial charge is 0.489 e. The number of thioether (sulfide) groups is 1. The maximum Gasteiger partial charge on any atom is 0.338 e. The van der Waals surface area contributed by atoms with Gasteiger partial charge in [0.15, 0.2) is 0 Å². The molecule has 2 aliphatic rings.